The fraction of sp³-hybridized carbons (Fsp3) is 0.125. The van der Waals surface area contributed by atoms with E-state index in [1.807, 2.05) is 0 Å². The molecular weight excluding hydrogens is 345 g/mol. The van der Waals surface area contributed by atoms with E-state index in [0.29, 0.717) is 5.56 Å². The summed E-state index contributed by atoms with van der Waals surface area (Å²) in [5, 5.41) is 7.02. The molecule has 0 bridgehead atoms. The highest BCUT2D eigenvalue weighted by molar-refractivity contribution is 5.63. The molecule has 0 unspecified atom stereocenters. The summed E-state index contributed by atoms with van der Waals surface area (Å²) in [5.41, 5.74) is -0.0544. The summed E-state index contributed by atoms with van der Waals surface area (Å²) in [7, 11) is 3.60. The van der Waals surface area contributed by atoms with Gasteiger partial charge in [-0.05, 0) is 18.2 Å². The molecule has 0 fully saturated rings. The van der Waals surface area contributed by atoms with Gasteiger partial charge < -0.3 is 9.32 Å². The monoisotopic (exact) mass is 355 g/mol. The summed E-state index contributed by atoms with van der Waals surface area (Å²) in [5.74, 6) is -11.4. The zero-order chi connectivity index (χ0) is 18.3. The Morgan fingerprint density at radius 3 is 1.96 bits per heavy atom. The number of hydrogen-bond acceptors (Lipinski definition) is 4. The average molecular weight is 355 g/mol. The fourth-order valence-corrected chi connectivity index (χ4v) is 2.15. The molecule has 2 aromatic carbocycles. The number of benzene rings is 2. The van der Waals surface area contributed by atoms with E-state index < -0.39 is 40.5 Å². The van der Waals surface area contributed by atoms with Crippen molar-refractivity contribution in [1.82, 2.24) is 10.2 Å². The molecular formula is C16H10F5N3O. The van der Waals surface area contributed by atoms with Gasteiger partial charge in [-0.25, -0.2) is 22.0 Å². The first kappa shape index (κ1) is 16.9. The van der Waals surface area contributed by atoms with Crippen molar-refractivity contribution in [2.75, 3.05) is 19.0 Å². The Balaban J connectivity index is 2.11. The molecule has 130 valence electrons. The van der Waals surface area contributed by atoms with E-state index in [2.05, 4.69) is 10.2 Å². The van der Waals surface area contributed by atoms with Crippen molar-refractivity contribution in [2.24, 2.45) is 0 Å². The predicted octanol–water partition coefficient (Wildman–Crippen LogP) is 4.17. The Kier molecular flexibility index (Phi) is 4.15. The van der Waals surface area contributed by atoms with E-state index in [1.165, 1.54) is 0 Å². The molecule has 0 aliphatic rings. The van der Waals surface area contributed by atoms with Gasteiger partial charge in [0.05, 0.1) is 0 Å². The Bertz CT molecular complexity index is 926. The molecule has 0 saturated carbocycles. The van der Waals surface area contributed by atoms with Crippen LogP contribution in [0.4, 0.5) is 27.6 Å². The van der Waals surface area contributed by atoms with Crippen molar-refractivity contribution in [1.29, 1.82) is 0 Å². The van der Waals surface area contributed by atoms with E-state index in [1.54, 1.807) is 43.3 Å². The Morgan fingerprint density at radius 1 is 0.800 bits per heavy atom. The van der Waals surface area contributed by atoms with Crippen LogP contribution in [-0.4, -0.2) is 24.3 Å². The third kappa shape index (κ3) is 2.81. The molecule has 0 spiro atoms. The van der Waals surface area contributed by atoms with Gasteiger partial charge in [0.2, 0.25) is 11.7 Å². The second kappa shape index (κ2) is 6.15. The maximum Gasteiger partial charge on any atom is 0.254 e. The molecule has 25 heavy (non-hydrogen) atoms. The maximum atomic E-state index is 13.8. The molecule has 1 heterocycles. The standard InChI is InChI=1S/C16H10F5N3O/c1-24(2)8-5-3-4-7(6-8)15-22-23-16(25-15)9-10(17)12(19)14(21)13(20)11(9)18/h3-6H,1-2H3. The number of halogens is 5. The minimum Gasteiger partial charge on any atom is -0.416 e. The van der Waals surface area contributed by atoms with E-state index in [0.717, 1.165) is 5.69 Å². The first-order chi connectivity index (χ1) is 11.8. The third-order valence-electron chi connectivity index (χ3n) is 3.46. The van der Waals surface area contributed by atoms with Crippen molar-refractivity contribution in [3.63, 3.8) is 0 Å². The van der Waals surface area contributed by atoms with Crippen LogP contribution in [0, 0.1) is 29.1 Å². The van der Waals surface area contributed by atoms with Crippen LogP contribution in [0.5, 0.6) is 0 Å². The zero-order valence-electron chi connectivity index (χ0n) is 12.9. The summed E-state index contributed by atoms with van der Waals surface area (Å²) in [6, 6.07) is 6.75. The summed E-state index contributed by atoms with van der Waals surface area (Å²) < 4.78 is 72.5. The van der Waals surface area contributed by atoms with E-state index in [9.17, 15) is 22.0 Å². The molecule has 3 rings (SSSR count). The molecule has 0 N–H and O–H groups in total. The summed E-state index contributed by atoms with van der Waals surface area (Å²) in [4.78, 5) is 1.80. The predicted molar refractivity (Wildman–Crippen MR) is 79.3 cm³/mol. The molecule has 4 nitrogen and oxygen atoms in total. The molecule has 1 aromatic heterocycles. The van der Waals surface area contributed by atoms with Gasteiger partial charge in [-0.15, -0.1) is 10.2 Å². The Labute approximate surface area is 138 Å². The van der Waals surface area contributed by atoms with Crippen LogP contribution in [0.25, 0.3) is 22.9 Å². The van der Waals surface area contributed by atoms with E-state index >= 15 is 0 Å². The molecule has 0 amide bonds. The van der Waals surface area contributed by atoms with Crippen LogP contribution in [0.3, 0.4) is 0 Å². The lowest BCUT2D eigenvalue weighted by Gasteiger charge is -2.12. The van der Waals surface area contributed by atoms with Gasteiger partial charge in [0, 0.05) is 25.3 Å². The minimum atomic E-state index is -2.25. The normalized spacial score (nSPS) is 11.0. The van der Waals surface area contributed by atoms with Crippen molar-refractivity contribution in [3.8, 4) is 22.9 Å². The van der Waals surface area contributed by atoms with Gasteiger partial charge in [0.25, 0.3) is 5.89 Å². The quantitative estimate of drug-likeness (QED) is 0.402. The van der Waals surface area contributed by atoms with Crippen LogP contribution < -0.4 is 4.90 Å². The van der Waals surface area contributed by atoms with Gasteiger partial charge in [0.15, 0.2) is 23.3 Å². The van der Waals surface area contributed by atoms with Crippen molar-refractivity contribution >= 4 is 5.69 Å². The zero-order valence-corrected chi connectivity index (χ0v) is 12.9. The number of anilines is 1. The molecule has 9 heteroatoms. The van der Waals surface area contributed by atoms with Crippen LogP contribution in [0.2, 0.25) is 0 Å². The topological polar surface area (TPSA) is 42.2 Å². The van der Waals surface area contributed by atoms with Crippen LogP contribution in [-0.2, 0) is 0 Å². The molecule has 0 aliphatic heterocycles. The maximum absolute atomic E-state index is 13.8. The van der Waals surface area contributed by atoms with Gasteiger partial charge in [-0.1, -0.05) is 6.07 Å². The molecule has 3 aromatic rings. The van der Waals surface area contributed by atoms with Crippen LogP contribution >= 0.6 is 0 Å². The number of nitrogens with zero attached hydrogens (tertiary/aromatic N) is 3. The van der Waals surface area contributed by atoms with Crippen LogP contribution in [0.1, 0.15) is 0 Å². The summed E-state index contributed by atoms with van der Waals surface area (Å²) in [6.45, 7) is 0. The van der Waals surface area contributed by atoms with E-state index in [4.69, 9.17) is 4.42 Å². The molecule has 0 saturated heterocycles. The average Bonchev–Trinajstić information content (AvgIpc) is 3.08. The van der Waals surface area contributed by atoms with Gasteiger partial charge in [-0.2, -0.15) is 0 Å². The largest absolute Gasteiger partial charge is 0.416 e. The minimum absolute atomic E-state index is 0.123. The lowest BCUT2D eigenvalue weighted by Crippen LogP contribution is -2.08. The van der Waals surface area contributed by atoms with Crippen LogP contribution in [0.15, 0.2) is 28.7 Å². The molecule has 0 aliphatic carbocycles. The number of rotatable bonds is 3. The van der Waals surface area contributed by atoms with Gasteiger partial charge >= 0.3 is 0 Å². The number of hydrogen-bond donors (Lipinski definition) is 0. The highest BCUT2D eigenvalue weighted by Crippen LogP contribution is 2.32. The van der Waals surface area contributed by atoms with Crippen molar-refractivity contribution in [3.05, 3.63) is 53.4 Å². The van der Waals surface area contributed by atoms with Gasteiger partial charge in [0.1, 0.15) is 5.56 Å². The first-order valence-corrected chi connectivity index (χ1v) is 6.94. The lowest BCUT2D eigenvalue weighted by atomic mass is 10.1. The first-order valence-electron chi connectivity index (χ1n) is 6.94. The Morgan fingerprint density at radius 2 is 1.36 bits per heavy atom. The SMILES string of the molecule is CN(C)c1cccc(-c2nnc(-c3c(F)c(F)c(F)c(F)c3F)o2)c1. The lowest BCUT2D eigenvalue weighted by molar-refractivity contribution is 0.378. The van der Waals surface area contributed by atoms with E-state index in [-0.39, 0.29) is 5.89 Å². The highest BCUT2D eigenvalue weighted by atomic mass is 19.2. The molecule has 0 radical (unpaired) electrons. The fourth-order valence-electron chi connectivity index (χ4n) is 2.15. The number of aromatic nitrogens is 2. The second-order valence-corrected chi connectivity index (χ2v) is 5.30. The highest BCUT2D eigenvalue weighted by Gasteiger charge is 2.29. The summed E-state index contributed by atoms with van der Waals surface area (Å²) in [6.07, 6.45) is 0. The second-order valence-electron chi connectivity index (χ2n) is 5.30. The van der Waals surface area contributed by atoms with Gasteiger partial charge in [-0.3, -0.25) is 0 Å². The smallest absolute Gasteiger partial charge is 0.254 e. The summed E-state index contributed by atoms with van der Waals surface area (Å²) >= 11 is 0. The third-order valence-corrected chi connectivity index (χ3v) is 3.46. The van der Waals surface area contributed by atoms with Crippen molar-refractivity contribution < 1.29 is 26.4 Å². The Hall–Kier alpha value is -2.97. The molecule has 0 atom stereocenters. The van der Waals surface area contributed by atoms with Crippen molar-refractivity contribution in [2.45, 2.75) is 0 Å².